The Morgan fingerprint density at radius 3 is 1.00 bits per heavy atom. The molecule has 14 heteroatoms. The minimum Gasteiger partial charge on any atom is -0.308 e. The number of nitrogens with zero attached hydrogens (tertiary/aromatic N) is 11. The highest BCUT2D eigenvalue weighted by Gasteiger charge is 2.32. The lowest BCUT2D eigenvalue weighted by Gasteiger charge is -2.19. The first-order valence-corrected chi connectivity index (χ1v) is 25.8. The molecule has 2 aromatic heterocycles. The predicted octanol–water partition coefficient (Wildman–Crippen LogP) is 19.1. The number of nitriles is 5. The normalized spacial score (nSPS) is 11.0. The predicted molar refractivity (Wildman–Crippen MR) is 321 cm³/mol. The molecule has 85 heavy (non-hydrogen) atoms. The summed E-state index contributed by atoms with van der Waals surface area (Å²) in [6, 6.07) is 60.1. The quantitative estimate of drug-likeness (QED) is 0.146. The summed E-state index contributed by atoms with van der Waals surface area (Å²) in [6.45, 7) is 32.8. The van der Waals surface area contributed by atoms with E-state index >= 15 is 0 Å². The Balaban J connectivity index is 1.21. The smallest absolute Gasteiger partial charge is 0.308 e. The zero-order valence-electron chi connectivity index (χ0n) is 44.3. The Kier molecular flexibility index (Phi) is 12.8. The molecule has 0 atom stereocenters. The first kappa shape index (κ1) is 52.7. The molecule has 0 saturated heterocycles. The van der Waals surface area contributed by atoms with Gasteiger partial charge in [0, 0.05) is 32.7 Å². The molecular weight excluding hydrogens is 1060 g/mol. The van der Waals surface area contributed by atoms with Gasteiger partial charge >= 0.3 is 6.18 Å². The molecule has 0 amide bonds. The van der Waals surface area contributed by atoms with E-state index in [2.05, 4.69) is 49.7 Å². The second-order valence-electron chi connectivity index (χ2n) is 20.2. The molecule has 0 aliphatic rings. The van der Waals surface area contributed by atoms with Gasteiger partial charge in [-0.15, -0.1) is 0 Å². The van der Waals surface area contributed by atoms with Crippen molar-refractivity contribution in [3.05, 3.63) is 261 Å². The third-order valence-electron chi connectivity index (χ3n) is 15.0. The fraction of sp³-hybridized carbons (Fsp3) is 0.0282. The lowest BCUT2D eigenvalue weighted by Crippen LogP contribution is -2.07. The summed E-state index contributed by atoms with van der Waals surface area (Å²) in [5.41, 5.74) is 9.98. The number of aromatic nitrogens is 2. The van der Waals surface area contributed by atoms with Crippen LogP contribution in [0.25, 0.3) is 130 Å². The van der Waals surface area contributed by atoms with Crippen molar-refractivity contribution >= 4 is 66.4 Å². The first-order valence-electron chi connectivity index (χ1n) is 25.8. The van der Waals surface area contributed by atoms with Gasteiger partial charge in [-0.2, -0.15) is 39.5 Å². The van der Waals surface area contributed by atoms with Gasteiger partial charge in [-0.3, -0.25) is 0 Å². The second-order valence-corrected chi connectivity index (χ2v) is 20.2. The minimum atomic E-state index is -4.72. The van der Waals surface area contributed by atoms with Gasteiger partial charge in [0.15, 0.2) is 22.7 Å². The van der Waals surface area contributed by atoms with Gasteiger partial charge in [-0.25, -0.2) is 19.4 Å². The van der Waals surface area contributed by atoms with Crippen LogP contribution >= 0.6 is 0 Å². The van der Waals surface area contributed by atoms with Gasteiger partial charge in [0.1, 0.15) is 11.6 Å². The molecule has 0 radical (unpaired) electrons. The van der Waals surface area contributed by atoms with Crippen LogP contribution in [0.1, 0.15) is 38.9 Å². The SMILES string of the molecule is [C-]#[N+]c1cc(C#N)cc(-c2ccc3c(c2)c2cc(-c4cc(C#N)cc(C#N)c4)ccc2n3-c2cc(-c3cc(C)cc(C(F)(F)F)c3)cc(-n3c4ccc(-c5cc(C#N)cc([N+]#[C-])c5)cc4c4cc(-c5cc([N+]#[C-])cc([N+]#[C-])c5)ccc43)c2C#N)c1. The van der Waals surface area contributed by atoms with Crippen molar-refractivity contribution in [2.24, 2.45) is 0 Å². The number of aryl methyl sites for hydroxylation is 1. The molecular formula is C71H32F3N11. The Morgan fingerprint density at radius 1 is 0.341 bits per heavy atom. The molecule has 0 saturated carbocycles. The highest BCUT2D eigenvalue weighted by molar-refractivity contribution is 6.14. The maximum Gasteiger partial charge on any atom is 0.416 e. The largest absolute Gasteiger partial charge is 0.416 e. The number of fused-ring (bicyclic) bond motifs is 6. The van der Waals surface area contributed by atoms with Crippen molar-refractivity contribution in [3.8, 4) is 97.4 Å². The molecule has 0 spiro atoms. The van der Waals surface area contributed by atoms with Gasteiger partial charge in [0.25, 0.3) is 0 Å². The zero-order chi connectivity index (χ0) is 59.4. The third kappa shape index (κ3) is 9.27. The summed E-state index contributed by atoms with van der Waals surface area (Å²) < 4.78 is 48.4. The van der Waals surface area contributed by atoms with E-state index in [0.717, 1.165) is 12.1 Å². The van der Waals surface area contributed by atoms with Crippen molar-refractivity contribution in [2.45, 2.75) is 13.1 Å². The molecule has 0 N–H and O–H groups in total. The van der Waals surface area contributed by atoms with E-state index in [4.69, 9.17) is 26.3 Å². The number of halogens is 3. The summed E-state index contributed by atoms with van der Waals surface area (Å²) in [5, 5.41) is 54.4. The Labute approximate surface area is 483 Å². The molecule has 11 nitrogen and oxygen atoms in total. The molecule has 2 heterocycles. The van der Waals surface area contributed by atoms with Crippen molar-refractivity contribution in [3.63, 3.8) is 0 Å². The van der Waals surface area contributed by atoms with Crippen LogP contribution in [0.4, 0.5) is 35.9 Å². The van der Waals surface area contributed by atoms with E-state index in [1.807, 2.05) is 81.9 Å². The summed E-state index contributed by atoms with van der Waals surface area (Å²) in [7, 11) is 0. The van der Waals surface area contributed by atoms with Crippen molar-refractivity contribution in [1.29, 1.82) is 26.3 Å². The number of alkyl halides is 3. The fourth-order valence-electron chi connectivity index (χ4n) is 11.3. The minimum absolute atomic E-state index is 0.116. The maximum absolute atomic E-state index is 14.9. The highest BCUT2D eigenvalue weighted by atomic mass is 19.4. The van der Waals surface area contributed by atoms with Gasteiger partial charge in [0.05, 0.1) is 101 Å². The summed E-state index contributed by atoms with van der Waals surface area (Å²) >= 11 is 0. The van der Waals surface area contributed by atoms with Crippen LogP contribution in [-0.4, -0.2) is 9.13 Å². The van der Waals surface area contributed by atoms with Gasteiger partial charge in [-0.05, 0) is 196 Å². The highest BCUT2D eigenvalue weighted by Crippen LogP contribution is 2.45. The van der Waals surface area contributed by atoms with Crippen LogP contribution in [0.15, 0.2) is 176 Å². The van der Waals surface area contributed by atoms with Crippen LogP contribution in [0.5, 0.6) is 0 Å². The van der Waals surface area contributed by atoms with Crippen molar-refractivity contribution in [2.75, 3.05) is 0 Å². The summed E-state index contributed by atoms with van der Waals surface area (Å²) in [6.07, 6.45) is -4.72. The van der Waals surface area contributed by atoms with E-state index in [1.165, 1.54) is 24.3 Å². The van der Waals surface area contributed by atoms with Gasteiger partial charge < -0.3 is 9.13 Å². The number of hydrogen-bond donors (Lipinski definition) is 0. The average Bonchev–Trinajstić information content (AvgIpc) is 2.11. The van der Waals surface area contributed by atoms with E-state index < -0.39 is 11.7 Å². The molecule has 392 valence electrons. The summed E-state index contributed by atoms with van der Waals surface area (Å²) in [5.74, 6) is 0. The van der Waals surface area contributed by atoms with Crippen molar-refractivity contribution in [1.82, 2.24) is 9.13 Å². The average molecular weight is 1100 g/mol. The molecule has 0 aliphatic carbocycles. The van der Waals surface area contributed by atoms with E-state index in [0.29, 0.717) is 105 Å². The lowest BCUT2D eigenvalue weighted by molar-refractivity contribution is -0.137. The number of hydrogen-bond acceptors (Lipinski definition) is 5. The second kappa shape index (κ2) is 20.6. The molecule has 0 unspecified atom stereocenters. The molecule has 0 aliphatic heterocycles. The number of rotatable bonds is 7. The van der Waals surface area contributed by atoms with Gasteiger partial charge in [-0.1, -0.05) is 48.5 Å². The Morgan fingerprint density at radius 2 is 0.659 bits per heavy atom. The molecule has 12 aromatic rings. The van der Waals surface area contributed by atoms with E-state index in [1.54, 1.807) is 73.7 Å². The molecule has 0 bridgehead atoms. The molecule has 0 fully saturated rings. The van der Waals surface area contributed by atoms with Crippen LogP contribution < -0.4 is 0 Å². The van der Waals surface area contributed by atoms with Crippen LogP contribution in [0.2, 0.25) is 0 Å². The van der Waals surface area contributed by atoms with E-state index in [9.17, 15) is 39.5 Å². The Hall–Kier alpha value is -13.0. The third-order valence-corrected chi connectivity index (χ3v) is 15.0. The molecule has 12 rings (SSSR count). The standard InChI is InChI=1S/C71H32F3N11/c1-40-14-49(23-55(15-40)71(72,73)74)54-32-69(84-65-10-6-45(50-17-41(35-75)16-42(18-50)36-76)28-60(65)61-29-46(7-11-66(61)84)51-19-43(37-77)21-56(24-51)80-2)64(39-79)70(33-54)85-67-12-8-47(52-20-44(38-78)22-57(25-52)81-3)30-62(67)63-31-48(9-13-68(63)85)53-26-58(82-4)34-59(27-53)83-5/h6-34H,1H3. The van der Waals surface area contributed by atoms with Crippen LogP contribution in [0, 0.1) is 89.9 Å². The van der Waals surface area contributed by atoms with Gasteiger partial charge in [0.2, 0.25) is 0 Å². The monoisotopic (exact) mass is 1100 g/mol. The summed E-state index contributed by atoms with van der Waals surface area (Å²) in [4.78, 5) is 14.5. The van der Waals surface area contributed by atoms with Crippen LogP contribution in [0.3, 0.4) is 0 Å². The number of benzene rings is 10. The maximum atomic E-state index is 14.9. The van der Waals surface area contributed by atoms with Crippen LogP contribution in [-0.2, 0) is 6.18 Å². The Bertz CT molecular complexity index is 4690. The first-order chi connectivity index (χ1) is 41.1. The topological polar surface area (TPSA) is 146 Å². The zero-order valence-corrected chi connectivity index (χ0v) is 44.3. The van der Waals surface area contributed by atoms with E-state index in [-0.39, 0.29) is 61.8 Å². The van der Waals surface area contributed by atoms with Crippen molar-refractivity contribution < 1.29 is 13.2 Å². The fourth-order valence-corrected chi connectivity index (χ4v) is 11.3. The lowest BCUT2D eigenvalue weighted by atomic mass is 9.96. The molecule has 10 aromatic carbocycles.